The number of pyridine rings is 1. The third-order valence-corrected chi connectivity index (χ3v) is 5.02. The Morgan fingerprint density at radius 1 is 1.21 bits per heavy atom. The maximum Gasteiger partial charge on any atom is 1.00 e. The first-order valence-corrected chi connectivity index (χ1v) is 10.1. The van der Waals surface area contributed by atoms with Crippen LogP contribution in [0.4, 0.5) is 0 Å². The predicted molar refractivity (Wildman–Crippen MR) is 114 cm³/mol. The number of hydrogen-bond donors (Lipinski definition) is 1. The Labute approximate surface area is 200 Å². The summed E-state index contributed by atoms with van der Waals surface area (Å²) in [5, 5.41) is 11.7. The van der Waals surface area contributed by atoms with E-state index in [-0.39, 0.29) is 37.4 Å². The first-order valence-electron chi connectivity index (χ1n) is 8.44. The van der Waals surface area contributed by atoms with Crippen LogP contribution in [-0.2, 0) is 4.79 Å². The minimum Gasteiger partial charge on any atom is -1.00 e. The molecule has 0 aliphatic heterocycles. The van der Waals surface area contributed by atoms with Crippen LogP contribution in [0.3, 0.4) is 0 Å². The normalized spacial score (nSPS) is 10.8. The molecule has 7 heteroatoms. The van der Waals surface area contributed by atoms with E-state index in [2.05, 4.69) is 27.0 Å². The number of thioether (sulfide) groups is 1. The first kappa shape index (κ1) is 23.0. The van der Waals surface area contributed by atoms with Gasteiger partial charge in [0.15, 0.2) is 0 Å². The number of carboxylic acid groups (broad SMARTS) is 1. The van der Waals surface area contributed by atoms with Crippen molar-refractivity contribution < 1.29 is 45.6 Å². The molecule has 0 aliphatic rings. The molecule has 0 saturated heterocycles. The minimum atomic E-state index is -0.803. The number of rotatable bonds is 8. The van der Waals surface area contributed by atoms with E-state index < -0.39 is 5.97 Å². The van der Waals surface area contributed by atoms with Gasteiger partial charge in [-0.15, -0.1) is 0 Å². The van der Waals surface area contributed by atoms with E-state index in [0.717, 1.165) is 31.7 Å². The van der Waals surface area contributed by atoms with Gasteiger partial charge in [-0.05, 0) is 54.3 Å². The molecule has 3 rings (SSSR count). The van der Waals surface area contributed by atoms with E-state index in [9.17, 15) is 4.79 Å². The fourth-order valence-electron chi connectivity index (χ4n) is 2.43. The van der Waals surface area contributed by atoms with Crippen molar-refractivity contribution >= 4 is 50.6 Å². The van der Waals surface area contributed by atoms with Crippen LogP contribution in [0.15, 0.2) is 69.4 Å². The average molecular weight is 468 g/mol. The Kier molecular flexibility index (Phi) is 9.55. The number of carboxylic acids is 1. The van der Waals surface area contributed by atoms with Gasteiger partial charge in [0.05, 0.1) is 17.8 Å². The van der Waals surface area contributed by atoms with Crippen molar-refractivity contribution in [3.05, 3.63) is 70.2 Å². The van der Waals surface area contributed by atoms with E-state index in [1.165, 1.54) is 0 Å². The SMILES string of the molecule is O=C(O)CCCOc1cccc(SC=Cc2ccc3ccc(Br)cc3n2)c1.[H-].[Na+]. The quantitative estimate of drug-likeness (QED) is 0.313. The number of nitrogens with zero attached hydrogens (tertiary/aromatic N) is 1. The van der Waals surface area contributed by atoms with Gasteiger partial charge in [0.1, 0.15) is 5.75 Å². The monoisotopic (exact) mass is 467 g/mol. The van der Waals surface area contributed by atoms with Gasteiger partial charge in [-0.3, -0.25) is 4.79 Å². The minimum absolute atomic E-state index is 0. The van der Waals surface area contributed by atoms with Gasteiger partial charge in [-0.25, -0.2) is 4.98 Å². The maximum absolute atomic E-state index is 10.5. The van der Waals surface area contributed by atoms with Crippen LogP contribution in [0.1, 0.15) is 20.0 Å². The van der Waals surface area contributed by atoms with E-state index in [4.69, 9.17) is 9.84 Å². The molecule has 3 aromatic rings. The Bertz CT molecular complexity index is 987. The Hall–Kier alpha value is -1.31. The summed E-state index contributed by atoms with van der Waals surface area (Å²) in [6.45, 7) is 0.396. The molecule has 140 valence electrons. The number of ether oxygens (including phenoxy) is 1. The van der Waals surface area contributed by atoms with Gasteiger partial charge < -0.3 is 11.3 Å². The molecular formula is C21H19BrNNaO3S. The summed E-state index contributed by atoms with van der Waals surface area (Å²) < 4.78 is 6.62. The van der Waals surface area contributed by atoms with Crippen molar-refractivity contribution in [1.29, 1.82) is 0 Å². The zero-order valence-electron chi connectivity index (χ0n) is 16.5. The summed E-state index contributed by atoms with van der Waals surface area (Å²) in [5.74, 6) is -0.0600. The molecule has 0 bridgehead atoms. The van der Waals surface area contributed by atoms with E-state index >= 15 is 0 Å². The zero-order chi connectivity index (χ0) is 19.1. The van der Waals surface area contributed by atoms with Crippen LogP contribution in [0.2, 0.25) is 0 Å². The first-order chi connectivity index (χ1) is 13.1. The molecule has 0 aliphatic carbocycles. The van der Waals surface area contributed by atoms with E-state index in [1.54, 1.807) is 11.8 Å². The van der Waals surface area contributed by atoms with Crippen LogP contribution < -0.4 is 34.3 Å². The molecule has 0 unspecified atom stereocenters. The number of hydrogen-bond acceptors (Lipinski definition) is 4. The number of carbonyl (C=O) groups is 1. The number of halogens is 1. The third-order valence-electron chi connectivity index (χ3n) is 3.73. The van der Waals surface area contributed by atoms with E-state index in [1.807, 2.05) is 60.0 Å². The topological polar surface area (TPSA) is 59.4 Å². The van der Waals surface area contributed by atoms with Crippen molar-refractivity contribution in [2.24, 2.45) is 0 Å². The molecule has 0 radical (unpaired) electrons. The zero-order valence-corrected chi connectivity index (χ0v) is 19.9. The van der Waals surface area contributed by atoms with Gasteiger partial charge >= 0.3 is 35.5 Å². The number of benzene rings is 2. The molecule has 1 N–H and O–H groups in total. The number of fused-ring (bicyclic) bond motifs is 1. The standard InChI is InChI=1S/C21H18BrNO3S.Na.H/c22-16-8-6-15-7-9-17(23-20(15)13-16)10-12-27-19-4-1-3-18(14-19)26-11-2-5-21(24)25;;/h1,3-4,6-10,12-14H,2,5,11H2,(H,24,25);;/q;+1;-1. The molecule has 0 saturated carbocycles. The molecule has 1 heterocycles. The third kappa shape index (κ3) is 7.26. The maximum atomic E-state index is 10.5. The van der Waals surface area contributed by atoms with Crippen LogP contribution in [0.5, 0.6) is 5.75 Å². The van der Waals surface area contributed by atoms with E-state index in [0.29, 0.717) is 13.0 Å². The molecule has 0 fully saturated rings. The van der Waals surface area contributed by atoms with Gasteiger partial charge in [0.2, 0.25) is 0 Å². The van der Waals surface area contributed by atoms with Gasteiger partial charge in [0.25, 0.3) is 0 Å². The predicted octanol–water partition coefficient (Wildman–Crippen LogP) is 3.12. The molecule has 0 atom stereocenters. The van der Waals surface area contributed by atoms with Crippen molar-refractivity contribution in [3.63, 3.8) is 0 Å². The molecule has 4 nitrogen and oxygen atoms in total. The van der Waals surface area contributed by atoms with Crippen molar-refractivity contribution in [2.75, 3.05) is 6.61 Å². The molecule has 2 aromatic carbocycles. The summed E-state index contributed by atoms with van der Waals surface area (Å²) >= 11 is 5.05. The van der Waals surface area contributed by atoms with Crippen molar-refractivity contribution in [3.8, 4) is 5.75 Å². The summed E-state index contributed by atoms with van der Waals surface area (Å²) in [7, 11) is 0. The second kappa shape index (κ2) is 11.6. The van der Waals surface area contributed by atoms with Crippen LogP contribution in [0.25, 0.3) is 17.0 Å². The van der Waals surface area contributed by atoms with Crippen molar-refractivity contribution in [2.45, 2.75) is 17.7 Å². The van der Waals surface area contributed by atoms with Crippen LogP contribution in [0, 0.1) is 0 Å². The van der Waals surface area contributed by atoms with Gasteiger partial charge in [-0.1, -0.05) is 45.9 Å². The Balaban J connectivity index is 0.00000210. The summed E-state index contributed by atoms with van der Waals surface area (Å²) in [6.07, 6.45) is 2.59. The molecule has 0 spiro atoms. The number of aliphatic carboxylic acids is 1. The summed E-state index contributed by atoms with van der Waals surface area (Å²) in [4.78, 5) is 16.2. The molecule has 1 aromatic heterocycles. The fraction of sp³-hybridized carbons (Fsp3) is 0.143. The van der Waals surface area contributed by atoms with Crippen LogP contribution >= 0.6 is 27.7 Å². The smallest absolute Gasteiger partial charge is 1.00 e. The second-order valence-electron chi connectivity index (χ2n) is 5.81. The van der Waals surface area contributed by atoms with Crippen molar-refractivity contribution in [1.82, 2.24) is 4.98 Å². The second-order valence-corrected chi connectivity index (χ2v) is 7.71. The molecule has 0 amide bonds. The molecule has 28 heavy (non-hydrogen) atoms. The Morgan fingerprint density at radius 2 is 2.04 bits per heavy atom. The summed E-state index contributed by atoms with van der Waals surface area (Å²) in [5.41, 5.74) is 1.85. The summed E-state index contributed by atoms with van der Waals surface area (Å²) in [6, 6.07) is 17.9. The van der Waals surface area contributed by atoms with Gasteiger partial charge in [-0.2, -0.15) is 0 Å². The largest absolute Gasteiger partial charge is 1.00 e. The van der Waals surface area contributed by atoms with Gasteiger partial charge in [0, 0.05) is 21.2 Å². The average Bonchev–Trinajstić information content (AvgIpc) is 2.65. The van der Waals surface area contributed by atoms with Crippen LogP contribution in [-0.4, -0.2) is 22.7 Å². The number of aromatic nitrogens is 1. The molecular weight excluding hydrogens is 449 g/mol. The Morgan fingerprint density at radius 3 is 2.86 bits per heavy atom. The fourth-order valence-corrected chi connectivity index (χ4v) is 3.49.